The molecule has 0 spiro atoms. The molecule has 13 heteroatoms. The molecule has 1 aliphatic heterocycles. The van der Waals surface area contributed by atoms with Gasteiger partial charge in [0, 0.05) is 36.4 Å². The first kappa shape index (κ1) is 33.0. The zero-order valence-corrected chi connectivity index (χ0v) is 25.4. The first-order valence-corrected chi connectivity index (χ1v) is 15.1. The first-order valence-electron chi connectivity index (χ1n) is 14.7. The monoisotopic (exact) mass is 656 g/mol. The highest BCUT2D eigenvalue weighted by molar-refractivity contribution is 6.31. The molecule has 5 rings (SSSR count). The minimum absolute atomic E-state index is 0.0349. The normalized spacial score (nSPS) is 16.6. The summed E-state index contributed by atoms with van der Waals surface area (Å²) in [5.74, 6) is -2.15. The van der Waals surface area contributed by atoms with Crippen LogP contribution in [0.5, 0.6) is 0 Å². The largest absolute Gasteiger partial charge is 0.457 e. The van der Waals surface area contributed by atoms with Gasteiger partial charge in [0.05, 0.1) is 12.1 Å². The van der Waals surface area contributed by atoms with Gasteiger partial charge >= 0.3 is 12.1 Å². The van der Waals surface area contributed by atoms with E-state index in [4.69, 9.17) is 16.3 Å². The standard InChI is InChI=1S/C33H32ClF3N4O5/c34-27-13-8-22(16-39-29(42)15-33(35,36)37)14-24(27)19-40(25-11-12-25)31(44)28-17-38-18-30(43)41(28)26-9-6-21(7-10-26)20-46-32(45)23-4-2-1-3-5-23/h1-10,13-14,25,28,38H,11-12,15-20H2,(H,39,42)/t28-/m1/s1. The third-order valence-corrected chi connectivity index (χ3v) is 8.01. The Morgan fingerprint density at radius 2 is 1.70 bits per heavy atom. The SMILES string of the molecule is O=C(CC(F)(F)F)NCc1ccc(Cl)c(CN(C(=O)[C@H]2CNCC(=O)N2c2ccc(COC(=O)c3ccccc3)cc2)C2CC2)c1. The van der Waals surface area contributed by atoms with Crippen molar-refractivity contribution in [2.45, 2.75) is 57.2 Å². The number of nitrogens with one attached hydrogen (secondary N) is 2. The van der Waals surface area contributed by atoms with Crippen LogP contribution in [0, 0.1) is 0 Å². The number of halogens is 4. The second-order valence-corrected chi connectivity index (χ2v) is 11.6. The molecule has 242 valence electrons. The number of nitrogens with zero attached hydrogens (tertiary/aromatic N) is 2. The lowest BCUT2D eigenvalue weighted by Crippen LogP contribution is -2.61. The Kier molecular flexibility index (Phi) is 10.3. The molecule has 2 N–H and O–H groups in total. The summed E-state index contributed by atoms with van der Waals surface area (Å²) in [6.45, 7) is 0.303. The van der Waals surface area contributed by atoms with Crippen LogP contribution in [-0.2, 0) is 38.8 Å². The number of hydrogen-bond acceptors (Lipinski definition) is 6. The average Bonchev–Trinajstić information content (AvgIpc) is 3.88. The van der Waals surface area contributed by atoms with Crippen LogP contribution in [0.4, 0.5) is 18.9 Å². The molecule has 0 radical (unpaired) electrons. The molecule has 0 bridgehead atoms. The van der Waals surface area contributed by atoms with Crippen molar-refractivity contribution < 1.29 is 37.1 Å². The quantitative estimate of drug-likeness (QED) is 0.288. The topological polar surface area (TPSA) is 108 Å². The molecule has 3 aromatic rings. The summed E-state index contributed by atoms with van der Waals surface area (Å²) in [4.78, 5) is 54.3. The minimum atomic E-state index is -4.61. The van der Waals surface area contributed by atoms with Gasteiger partial charge in [-0.25, -0.2) is 4.79 Å². The molecule has 0 aromatic heterocycles. The molecular weight excluding hydrogens is 625 g/mol. The maximum absolute atomic E-state index is 14.1. The molecule has 3 aromatic carbocycles. The van der Waals surface area contributed by atoms with Crippen LogP contribution in [0.3, 0.4) is 0 Å². The van der Waals surface area contributed by atoms with Gasteiger partial charge in [0.15, 0.2) is 0 Å². The van der Waals surface area contributed by atoms with Crippen molar-refractivity contribution >= 4 is 41.0 Å². The Hall–Kier alpha value is -4.42. The summed E-state index contributed by atoms with van der Waals surface area (Å²) in [6, 6.07) is 19.5. The van der Waals surface area contributed by atoms with E-state index >= 15 is 0 Å². The number of anilines is 1. The van der Waals surface area contributed by atoms with Crippen LogP contribution in [0.2, 0.25) is 5.02 Å². The summed E-state index contributed by atoms with van der Waals surface area (Å²) in [6.07, 6.45) is -4.63. The lowest BCUT2D eigenvalue weighted by atomic mass is 10.1. The smallest absolute Gasteiger partial charge is 0.397 e. The Balaban J connectivity index is 1.27. The lowest BCUT2D eigenvalue weighted by Gasteiger charge is -2.38. The van der Waals surface area contributed by atoms with E-state index in [1.165, 1.54) is 4.90 Å². The van der Waals surface area contributed by atoms with Gasteiger partial charge in [0.2, 0.25) is 17.7 Å². The highest BCUT2D eigenvalue weighted by Crippen LogP contribution is 2.32. The van der Waals surface area contributed by atoms with Crippen molar-refractivity contribution in [1.82, 2.24) is 15.5 Å². The van der Waals surface area contributed by atoms with E-state index < -0.39 is 30.5 Å². The number of benzene rings is 3. The van der Waals surface area contributed by atoms with E-state index in [0.717, 1.165) is 12.8 Å². The number of esters is 1. The number of ether oxygens (including phenoxy) is 1. The fraction of sp³-hybridized carbons (Fsp3) is 0.333. The molecule has 1 saturated heterocycles. The molecule has 3 amide bonds. The second-order valence-electron chi connectivity index (χ2n) is 11.2. The molecule has 1 atom stereocenters. The molecule has 2 aliphatic rings. The van der Waals surface area contributed by atoms with E-state index in [0.29, 0.717) is 33.0 Å². The minimum Gasteiger partial charge on any atom is -0.457 e. The molecule has 1 aliphatic carbocycles. The van der Waals surface area contributed by atoms with Gasteiger partial charge in [-0.1, -0.05) is 54.1 Å². The summed E-state index contributed by atoms with van der Waals surface area (Å²) in [7, 11) is 0. The predicted molar refractivity (Wildman–Crippen MR) is 164 cm³/mol. The number of piperazine rings is 1. The number of hydrogen-bond donors (Lipinski definition) is 2. The van der Waals surface area contributed by atoms with Gasteiger partial charge in [0.1, 0.15) is 19.1 Å². The third kappa shape index (κ3) is 8.64. The maximum Gasteiger partial charge on any atom is 0.397 e. The fourth-order valence-electron chi connectivity index (χ4n) is 5.20. The predicted octanol–water partition coefficient (Wildman–Crippen LogP) is 4.76. The third-order valence-electron chi connectivity index (χ3n) is 7.65. The number of carbonyl (C=O) groups excluding carboxylic acids is 4. The molecule has 1 saturated carbocycles. The van der Waals surface area contributed by atoms with Crippen molar-refractivity contribution in [2.75, 3.05) is 18.0 Å². The van der Waals surface area contributed by atoms with Gasteiger partial charge in [-0.05, 0) is 59.9 Å². The molecule has 9 nitrogen and oxygen atoms in total. The van der Waals surface area contributed by atoms with Crippen LogP contribution >= 0.6 is 11.6 Å². The van der Waals surface area contributed by atoms with E-state index in [1.54, 1.807) is 77.7 Å². The fourth-order valence-corrected chi connectivity index (χ4v) is 5.38. The van der Waals surface area contributed by atoms with E-state index in [1.807, 2.05) is 0 Å². The van der Waals surface area contributed by atoms with Gasteiger partial charge < -0.3 is 20.3 Å². The van der Waals surface area contributed by atoms with Crippen LogP contribution in [0.25, 0.3) is 0 Å². The molecule has 0 unspecified atom stereocenters. The zero-order chi connectivity index (χ0) is 32.8. The summed E-state index contributed by atoms with van der Waals surface area (Å²) in [5, 5.41) is 5.65. The zero-order valence-electron chi connectivity index (χ0n) is 24.7. The second kappa shape index (κ2) is 14.3. The maximum atomic E-state index is 14.1. The number of amides is 3. The molecule has 2 fully saturated rings. The van der Waals surface area contributed by atoms with Gasteiger partial charge in [-0.2, -0.15) is 13.2 Å². The Bertz CT molecular complexity index is 1580. The van der Waals surface area contributed by atoms with Crippen molar-refractivity contribution in [3.8, 4) is 0 Å². The van der Waals surface area contributed by atoms with Crippen LogP contribution in [0.1, 0.15) is 46.3 Å². The summed E-state index contributed by atoms with van der Waals surface area (Å²) >= 11 is 6.47. The van der Waals surface area contributed by atoms with Gasteiger partial charge in [-0.3, -0.25) is 19.3 Å². The van der Waals surface area contributed by atoms with Crippen molar-refractivity contribution in [1.29, 1.82) is 0 Å². The van der Waals surface area contributed by atoms with Crippen molar-refractivity contribution in [2.24, 2.45) is 0 Å². The molecule has 1 heterocycles. The molecular formula is C33H32ClF3N4O5. The number of rotatable bonds is 11. The van der Waals surface area contributed by atoms with Gasteiger partial charge in [0.25, 0.3) is 0 Å². The van der Waals surface area contributed by atoms with Crippen LogP contribution in [-0.4, -0.2) is 59.9 Å². The van der Waals surface area contributed by atoms with Crippen molar-refractivity contribution in [3.05, 3.63) is 100 Å². The van der Waals surface area contributed by atoms with E-state index in [-0.39, 0.29) is 50.6 Å². The summed E-state index contributed by atoms with van der Waals surface area (Å²) in [5.41, 5.74) is 2.77. The first-order chi connectivity index (χ1) is 22.0. The van der Waals surface area contributed by atoms with Crippen LogP contribution in [0.15, 0.2) is 72.8 Å². The Morgan fingerprint density at radius 1 is 1.00 bits per heavy atom. The van der Waals surface area contributed by atoms with E-state index in [9.17, 15) is 32.3 Å². The van der Waals surface area contributed by atoms with Crippen molar-refractivity contribution in [3.63, 3.8) is 0 Å². The lowest BCUT2D eigenvalue weighted by molar-refractivity contribution is -0.153. The molecule has 46 heavy (non-hydrogen) atoms. The number of carbonyl (C=O) groups is 4. The Morgan fingerprint density at radius 3 is 2.37 bits per heavy atom. The Labute approximate surface area is 268 Å². The van der Waals surface area contributed by atoms with Crippen LogP contribution < -0.4 is 15.5 Å². The number of alkyl halides is 3. The highest BCUT2D eigenvalue weighted by Gasteiger charge is 2.41. The summed E-state index contributed by atoms with van der Waals surface area (Å²) < 4.78 is 43.0. The average molecular weight is 657 g/mol. The van der Waals surface area contributed by atoms with Gasteiger partial charge in [-0.15, -0.1) is 0 Å². The van der Waals surface area contributed by atoms with E-state index in [2.05, 4.69) is 10.6 Å². The highest BCUT2D eigenvalue weighted by atomic mass is 35.5.